The van der Waals surface area contributed by atoms with Crippen molar-refractivity contribution in [2.24, 2.45) is 0 Å². The Morgan fingerprint density at radius 1 is 1.10 bits per heavy atom. The fraction of sp³-hybridized carbons (Fsp3) is 0.667. The van der Waals surface area contributed by atoms with Crippen molar-refractivity contribution < 1.29 is 17.9 Å². The zero-order valence-electron chi connectivity index (χ0n) is 11.8. The van der Waals surface area contributed by atoms with Crippen LogP contribution >= 0.6 is 0 Å². The number of aryl methyl sites for hydroxylation is 1. The number of anilines is 2. The molecular formula is C12H19F3N4O. The van der Waals surface area contributed by atoms with Gasteiger partial charge in [0.15, 0.2) is 0 Å². The Balaban J connectivity index is 2.51. The molecule has 0 fully saturated rings. The Labute approximate surface area is 116 Å². The van der Waals surface area contributed by atoms with Gasteiger partial charge < -0.3 is 15.4 Å². The number of halogens is 3. The lowest BCUT2D eigenvalue weighted by Crippen LogP contribution is -2.20. The molecule has 0 aliphatic heterocycles. The van der Waals surface area contributed by atoms with Crippen LogP contribution in [-0.4, -0.2) is 42.4 Å². The van der Waals surface area contributed by atoms with Crippen LogP contribution in [0.5, 0.6) is 0 Å². The fourth-order valence-corrected chi connectivity index (χ4v) is 1.57. The first-order valence-corrected chi connectivity index (χ1v) is 6.31. The van der Waals surface area contributed by atoms with Crippen molar-refractivity contribution in [3.8, 4) is 0 Å². The van der Waals surface area contributed by atoms with Crippen LogP contribution in [0.3, 0.4) is 0 Å². The van der Waals surface area contributed by atoms with Gasteiger partial charge in [0.25, 0.3) is 0 Å². The summed E-state index contributed by atoms with van der Waals surface area (Å²) < 4.78 is 40.2. The van der Waals surface area contributed by atoms with Crippen LogP contribution in [0.15, 0.2) is 0 Å². The highest BCUT2D eigenvalue weighted by Crippen LogP contribution is 2.19. The molecule has 0 bridgehead atoms. The molecule has 0 unspecified atom stereocenters. The van der Waals surface area contributed by atoms with E-state index in [2.05, 4.69) is 25.3 Å². The zero-order chi connectivity index (χ0) is 15.2. The summed E-state index contributed by atoms with van der Waals surface area (Å²) in [6.07, 6.45) is -4.29. The highest BCUT2D eigenvalue weighted by atomic mass is 19.4. The average Bonchev–Trinajstić information content (AvgIpc) is 2.33. The number of nitrogens with one attached hydrogen (secondary N) is 2. The number of nitrogens with zero attached hydrogens (tertiary/aromatic N) is 2. The second kappa shape index (κ2) is 7.28. The third-order valence-electron chi connectivity index (χ3n) is 2.41. The Hall–Kier alpha value is -1.57. The summed E-state index contributed by atoms with van der Waals surface area (Å²) in [4.78, 5) is 8.48. The summed E-state index contributed by atoms with van der Waals surface area (Å²) in [5, 5.41) is 6.06. The second-order valence-corrected chi connectivity index (χ2v) is 4.22. The van der Waals surface area contributed by atoms with Gasteiger partial charge in [-0.25, -0.2) is 9.97 Å². The van der Waals surface area contributed by atoms with E-state index in [0.717, 1.165) is 17.9 Å². The third kappa shape index (κ3) is 5.60. The second-order valence-electron chi connectivity index (χ2n) is 4.22. The first-order chi connectivity index (χ1) is 9.33. The average molecular weight is 292 g/mol. The van der Waals surface area contributed by atoms with Gasteiger partial charge in [0.2, 0.25) is 0 Å². The van der Waals surface area contributed by atoms with Crippen LogP contribution in [0.4, 0.5) is 24.8 Å². The first kappa shape index (κ1) is 16.5. The maximum Gasteiger partial charge on any atom is 0.411 e. The van der Waals surface area contributed by atoms with E-state index in [1.807, 2.05) is 13.8 Å². The summed E-state index contributed by atoms with van der Waals surface area (Å²) in [6.45, 7) is 5.25. The van der Waals surface area contributed by atoms with E-state index < -0.39 is 12.8 Å². The molecule has 1 rings (SSSR count). The molecule has 0 amide bonds. The minimum absolute atomic E-state index is 0.0431. The lowest BCUT2D eigenvalue weighted by molar-refractivity contribution is -0.172. The van der Waals surface area contributed by atoms with Crippen molar-refractivity contribution in [3.05, 3.63) is 11.4 Å². The third-order valence-corrected chi connectivity index (χ3v) is 2.41. The van der Waals surface area contributed by atoms with Crippen LogP contribution in [0.25, 0.3) is 0 Å². The van der Waals surface area contributed by atoms with Crippen LogP contribution in [-0.2, 0) is 4.74 Å². The molecule has 2 N–H and O–H groups in total. The predicted octanol–water partition coefficient (Wildman–Crippen LogP) is 2.52. The van der Waals surface area contributed by atoms with Gasteiger partial charge in [-0.2, -0.15) is 13.2 Å². The van der Waals surface area contributed by atoms with Gasteiger partial charge in [0.05, 0.1) is 6.61 Å². The molecule has 114 valence electrons. The minimum atomic E-state index is -4.29. The van der Waals surface area contributed by atoms with E-state index in [1.165, 1.54) is 0 Å². The zero-order valence-corrected chi connectivity index (χ0v) is 11.8. The lowest BCUT2D eigenvalue weighted by atomic mass is 10.3. The van der Waals surface area contributed by atoms with E-state index in [4.69, 9.17) is 0 Å². The van der Waals surface area contributed by atoms with Gasteiger partial charge in [0, 0.05) is 18.7 Å². The van der Waals surface area contributed by atoms with Crippen molar-refractivity contribution in [1.29, 1.82) is 0 Å². The minimum Gasteiger partial charge on any atom is -0.370 e. The molecule has 0 spiro atoms. The molecule has 20 heavy (non-hydrogen) atoms. The van der Waals surface area contributed by atoms with Crippen molar-refractivity contribution in [2.75, 3.05) is 36.9 Å². The van der Waals surface area contributed by atoms with Gasteiger partial charge in [-0.1, -0.05) is 0 Å². The Kier molecular flexibility index (Phi) is 6.00. The Morgan fingerprint density at radius 2 is 1.70 bits per heavy atom. The monoisotopic (exact) mass is 292 g/mol. The van der Waals surface area contributed by atoms with Crippen molar-refractivity contribution in [2.45, 2.75) is 26.9 Å². The highest BCUT2D eigenvalue weighted by Gasteiger charge is 2.27. The maximum atomic E-state index is 11.9. The van der Waals surface area contributed by atoms with Gasteiger partial charge in [0.1, 0.15) is 24.1 Å². The van der Waals surface area contributed by atoms with Gasteiger partial charge in [-0.15, -0.1) is 0 Å². The lowest BCUT2D eigenvalue weighted by Gasteiger charge is -2.14. The number of hydrogen-bond acceptors (Lipinski definition) is 5. The van der Waals surface area contributed by atoms with Crippen LogP contribution in [0, 0.1) is 13.8 Å². The summed E-state index contributed by atoms with van der Waals surface area (Å²) >= 11 is 0. The quantitative estimate of drug-likeness (QED) is 0.756. The van der Waals surface area contributed by atoms with Crippen LogP contribution in [0.1, 0.15) is 18.3 Å². The van der Waals surface area contributed by atoms with Crippen LogP contribution in [0.2, 0.25) is 0 Å². The molecule has 0 saturated carbocycles. The highest BCUT2D eigenvalue weighted by molar-refractivity contribution is 5.57. The molecular weight excluding hydrogens is 273 g/mol. The molecule has 0 atom stereocenters. The first-order valence-electron chi connectivity index (χ1n) is 6.31. The number of rotatable bonds is 7. The molecule has 0 aliphatic carbocycles. The number of alkyl halides is 3. The van der Waals surface area contributed by atoms with Crippen molar-refractivity contribution in [1.82, 2.24) is 9.97 Å². The van der Waals surface area contributed by atoms with Crippen LogP contribution < -0.4 is 10.6 Å². The summed E-state index contributed by atoms with van der Waals surface area (Å²) in [5.41, 5.74) is 0.827. The fourth-order valence-electron chi connectivity index (χ4n) is 1.57. The molecule has 1 aromatic rings. The largest absolute Gasteiger partial charge is 0.411 e. The Bertz CT molecular complexity index is 437. The van der Waals surface area contributed by atoms with E-state index in [-0.39, 0.29) is 13.2 Å². The van der Waals surface area contributed by atoms with Gasteiger partial charge in [-0.3, -0.25) is 0 Å². The molecule has 8 heteroatoms. The Morgan fingerprint density at radius 3 is 2.25 bits per heavy atom. The number of aromatic nitrogens is 2. The predicted molar refractivity (Wildman–Crippen MR) is 71.0 cm³/mol. The van der Waals surface area contributed by atoms with Gasteiger partial charge >= 0.3 is 6.18 Å². The maximum absolute atomic E-state index is 11.9. The number of ether oxygens (including phenoxy) is 1. The molecule has 1 heterocycles. The standard InChI is InChI=1S/C12H19F3N4O/c1-4-16-10-8(2)11(19-9(3)18-10)17-5-6-20-7-12(13,14)15/h4-7H2,1-3H3,(H2,16,17,18,19). The van der Waals surface area contributed by atoms with E-state index >= 15 is 0 Å². The van der Waals surface area contributed by atoms with Crippen molar-refractivity contribution in [3.63, 3.8) is 0 Å². The molecule has 5 nitrogen and oxygen atoms in total. The molecule has 0 aromatic carbocycles. The number of hydrogen-bond donors (Lipinski definition) is 2. The normalized spacial score (nSPS) is 11.5. The van der Waals surface area contributed by atoms with E-state index in [1.54, 1.807) is 6.92 Å². The summed E-state index contributed by atoms with van der Waals surface area (Å²) in [5.74, 6) is 1.91. The van der Waals surface area contributed by atoms with E-state index in [9.17, 15) is 13.2 Å². The topological polar surface area (TPSA) is 59.1 Å². The summed E-state index contributed by atoms with van der Waals surface area (Å²) in [6, 6.07) is 0. The SMILES string of the molecule is CCNc1nc(C)nc(NCCOCC(F)(F)F)c1C. The molecule has 1 aromatic heterocycles. The summed E-state index contributed by atoms with van der Waals surface area (Å²) in [7, 11) is 0. The molecule has 0 saturated heterocycles. The smallest absolute Gasteiger partial charge is 0.370 e. The molecule has 0 radical (unpaired) electrons. The van der Waals surface area contributed by atoms with Crippen molar-refractivity contribution >= 4 is 11.6 Å². The van der Waals surface area contributed by atoms with Gasteiger partial charge in [-0.05, 0) is 20.8 Å². The van der Waals surface area contributed by atoms with E-state index in [0.29, 0.717) is 11.6 Å². The molecule has 0 aliphatic rings.